The van der Waals surface area contributed by atoms with Crippen molar-refractivity contribution in [3.05, 3.63) is 60.0 Å². The van der Waals surface area contributed by atoms with E-state index in [1.807, 2.05) is 12.3 Å². The molecule has 3 aliphatic rings. The Kier molecular flexibility index (Phi) is 6.85. The quantitative estimate of drug-likeness (QED) is 0.322. The number of pyridine rings is 2. The first-order chi connectivity index (χ1) is 18.0. The minimum absolute atomic E-state index is 0.0354. The van der Waals surface area contributed by atoms with Crippen LogP contribution in [0.1, 0.15) is 24.5 Å². The second-order valence-corrected chi connectivity index (χ2v) is 10.9. The summed E-state index contributed by atoms with van der Waals surface area (Å²) in [5.74, 6) is 1.50. The molecule has 194 valence electrons. The van der Waals surface area contributed by atoms with E-state index in [9.17, 15) is 4.79 Å². The molecule has 9 heteroatoms. The maximum Gasteiger partial charge on any atom is 0.261 e. The summed E-state index contributed by atoms with van der Waals surface area (Å²) in [6.07, 6.45) is 4.40. The molecule has 0 saturated carbocycles. The van der Waals surface area contributed by atoms with Gasteiger partial charge in [-0.2, -0.15) is 0 Å². The second kappa shape index (κ2) is 10.3. The van der Waals surface area contributed by atoms with Gasteiger partial charge in [-0.3, -0.25) is 9.69 Å². The zero-order chi connectivity index (χ0) is 25.5. The van der Waals surface area contributed by atoms with Crippen molar-refractivity contribution in [1.82, 2.24) is 19.4 Å². The van der Waals surface area contributed by atoms with Gasteiger partial charge in [-0.1, -0.05) is 6.92 Å². The number of nitrogens with zero attached hydrogens (tertiary/aromatic N) is 4. The van der Waals surface area contributed by atoms with Gasteiger partial charge in [0.1, 0.15) is 23.5 Å². The van der Waals surface area contributed by atoms with Crippen LogP contribution in [0.2, 0.25) is 0 Å². The van der Waals surface area contributed by atoms with Gasteiger partial charge in [-0.15, -0.1) is 0 Å². The molecular weight excluding hydrogens is 583 g/mol. The van der Waals surface area contributed by atoms with Gasteiger partial charge < -0.3 is 23.7 Å². The van der Waals surface area contributed by atoms with Crippen LogP contribution < -0.4 is 25.5 Å². The molecule has 1 aromatic carbocycles. The highest BCUT2D eigenvalue weighted by molar-refractivity contribution is 14.1. The first-order valence-corrected chi connectivity index (χ1v) is 13.9. The molecule has 3 aliphatic heterocycles. The van der Waals surface area contributed by atoms with Gasteiger partial charge in [0.2, 0.25) is 0 Å². The molecular formula is C28H31IN4O4. The fourth-order valence-electron chi connectivity index (χ4n) is 5.35. The van der Waals surface area contributed by atoms with E-state index in [4.69, 9.17) is 19.2 Å². The largest absolute Gasteiger partial charge is 0.496 e. The fraction of sp³-hybridized carbons (Fsp3) is 0.429. The van der Waals surface area contributed by atoms with Crippen LogP contribution in [0.3, 0.4) is 0 Å². The third-order valence-corrected chi connectivity index (χ3v) is 8.48. The molecule has 3 aromatic rings. The van der Waals surface area contributed by atoms with Crippen LogP contribution in [-0.2, 0) is 17.8 Å². The van der Waals surface area contributed by atoms with Gasteiger partial charge in [0.15, 0.2) is 11.5 Å². The molecule has 8 nitrogen and oxygen atoms in total. The van der Waals surface area contributed by atoms with Crippen molar-refractivity contribution in [2.24, 2.45) is 0 Å². The number of halogens is 1. The lowest BCUT2D eigenvalue weighted by atomic mass is 10.0. The SMILES string of the molecule is CCC1=c2ccn(Cc3c(I)nc4cc5c(cc4c3CN3CCN(C)CC3)OCCO5)c(=O)c2=COC1. The Labute approximate surface area is 229 Å². The summed E-state index contributed by atoms with van der Waals surface area (Å²) in [4.78, 5) is 23.4. The maximum atomic E-state index is 13.5. The molecule has 1 fully saturated rings. The normalized spacial score (nSPS) is 17.9. The van der Waals surface area contributed by atoms with Gasteiger partial charge in [0.05, 0.1) is 23.5 Å². The van der Waals surface area contributed by atoms with Gasteiger partial charge in [0, 0.05) is 55.9 Å². The van der Waals surface area contributed by atoms with Crippen LogP contribution in [0.15, 0.2) is 29.2 Å². The van der Waals surface area contributed by atoms with Crippen molar-refractivity contribution >= 4 is 45.3 Å². The van der Waals surface area contributed by atoms with Crippen LogP contribution >= 0.6 is 22.6 Å². The number of benzene rings is 1. The second-order valence-electron chi connectivity index (χ2n) is 9.91. The molecule has 0 amide bonds. The first kappa shape index (κ1) is 24.7. The maximum absolute atomic E-state index is 13.5. The molecule has 0 N–H and O–H groups in total. The summed E-state index contributed by atoms with van der Waals surface area (Å²) in [7, 11) is 2.17. The molecule has 1 saturated heterocycles. The molecule has 37 heavy (non-hydrogen) atoms. The fourth-order valence-corrected chi connectivity index (χ4v) is 6.10. The molecule has 0 aliphatic carbocycles. The predicted octanol–water partition coefficient (Wildman–Crippen LogP) is 1.90. The number of likely N-dealkylation sites (N-methyl/N-ethyl adjacent to an activating group) is 1. The molecule has 0 spiro atoms. The summed E-state index contributed by atoms with van der Waals surface area (Å²) >= 11 is 2.32. The van der Waals surface area contributed by atoms with Gasteiger partial charge in [-0.25, -0.2) is 4.98 Å². The molecule has 0 bridgehead atoms. The molecule has 0 unspecified atom stereocenters. The highest BCUT2D eigenvalue weighted by atomic mass is 127. The summed E-state index contributed by atoms with van der Waals surface area (Å²) < 4.78 is 20.1. The van der Waals surface area contributed by atoms with Crippen LogP contribution in [0, 0.1) is 3.70 Å². The summed E-state index contributed by atoms with van der Waals surface area (Å²) in [5.41, 5.74) is 4.28. The van der Waals surface area contributed by atoms with Crippen molar-refractivity contribution in [2.45, 2.75) is 26.4 Å². The minimum Gasteiger partial charge on any atom is -0.496 e. The Hall–Kier alpha value is -2.63. The first-order valence-electron chi connectivity index (χ1n) is 12.9. The predicted molar refractivity (Wildman–Crippen MR) is 151 cm³/mol. The molecule has 6 rings (SSSR count). The third kappa shape index (κ3) is 4.72. The molecule has 0 radical (unpaired) electrons. The van der Waals surface area contributed by atoms with E-state index in [1.165, 1.54) is 5.56 Å². The highest BCUT2D eigenvalue weighted by Crippen LogP contribution is 2.37. The van der Waals surface area contributed by atoms with Gasteiger partial charge in [-0.05, 0) is 64.5 Å². The Morgan fingerprint density at radius 3 is 2.54 bits per heavy atom. The van der Waals surface area contributed by atoms with E-state index >= 15 is 0 Å². The topological polar surface area (TPSA) is 69.1 Å². The van der Waals surface area contributed by atoms with E-state index in [0.717, 1.165) is 81.6 Å². The van der Waals surface area contributed by atoms with Crippen molar-refractivity contribution in [3.8, 4) is 11.5 Å². The van der Waals surface area contributed by atoms with Crippen molar-refractivity contribution in [3.63, 3.8) is 0 Å². The Morgan fingerprint density at radius 1 is 1.03 bits per heavy atom. The lowest BCUT2D eigenvalue weighted by Gasteiger charge is -2.33. The summed E-state index contributed by atoms with van der Waals surface area (Å²) in [6, 6.07) is 6.11. The number of rotatable bonds is 5. The smallest absolute Gasteiger partial charge is 0.261 e. The number of ether oxygens (including phenoxy) is 3. The van der Waals surface area contributed by atoms with E-state index in [0.29, 0.717) is 31.6 Å². The molecule has 2 aromatic heterocycles. The van der Waals surface area contributed by atoms with E-state index in [-0.39, 0.29) is 5.56 Å². The average molecular weight is 614 g/mol. The van der Waals surface area contributed by atoms with Crippen molar-refractivity contribution in [2.75, 3.05) is 53.0 Å². The van der Waals surface area contributed by atoms with E-state index in [2.05, 4.69) is 58.5 Å². The van der Waals surface area contributed by atoms with Crippen LogP contribution in [0.25, 0.3) is 22.7 Å². The Bertz CT molecular complexity index is 1540. The third-order valence-electron chi connectivity index (χ3n) is 7.59. The van der Waals surface area contributed by atoms with Gasteiger partial charge in [0.25, 0.3) is 5.56 Å². The number of hydrogen-bond donors (Lipinski definition) is 0. The van der Waals surface area contributed by atoms with Crippen LogP contribution in [0.5, 0.6) is 11.5 Å². The Morgan fingerprint density at radius 2 is 1.78 bits per heavy atom. The van der Waals surface area contributed by atoms with Crippen molar-refractivity contribution < 1.29 is 14.2 Å². The summed E-state index contributed by atoms with van der Waals surface area (Å²) in [6.45, 7) is 9.04. The number of aromatic nitrogens is 2. The van der Waals surface area contributed by atoms with E-state index < -0.39 is 0 Å². The van der Waals surface area contributed by atoms with Crippen molar-refractivity contribution in [1.29, 1.82) is 0 Å². The highest BCUT2D eigenvalue weighted by Gasteiger charge is 2.23. The zero-order valence-electron chi connectivity index (χ0n) is 21.3. The lowest BCUT2D eigenvalue weighted by Crippen LogP contribution is -2.47. The zero-order valence-corrected chi connectivity index (χ0v) is 23.4. The average Bonchev–Trinajstić information content (AvgIpc) is 2.91. The number of fused-ring (bicyclic) bond motifs is 3. The monoisotopic (exact) mass is 614 g/mol. The minimum atomic E-state index is -0.0354. The number of hydrogen-bond acceptors (Lipinski definition) is 7. The lowest BCUT2D eigenvalue weighted by molar-refractivity contribution is 0.148. The van der Waals surface area contributed by atoms with Gasteiger partial charge >= 0.3 is 0 Å². The molecule has 5 heterocycles. The standard InChI is InChI=1S/C28H31IN4O4/c1-3-18-16-35-17-23-19(18)4-5-33(28(23)34)15-22-21(14-32-8-6-31(2)7-9-32)20-12-25-26(37-11-10-36-25)13-24(20)30-27(22)29/h4-5,12-13,17H,3,6-11,14-16H2,1-2H3. The van der Waals surface area contributed by atoms with Crippen LogP contribution in [-0.4, -0.2) is 72.4 Å². The molecule has 0 atom stereocenters. The van der Waals surface area contributed by atoms with E-state index in [1.54, 1.807) is 10.8 Å². The van der Waals surface area contributed by atoms with Crippen LogP contribution in [0.4, 0.5) is 0 Å². The summed E-state index contributed by atoms with van der Waals surface area (Å²) in [5, 5.41) is 2.69. The number of piperazine rings is 1. The Balaban J connectivity index is 1.49.